The van der Waals surface area contributed by atoms with Crippen LogP contribution in [-0.4, -0.2) is 52.8 Å². The van der Waals surface area contributed by atoms with Gasteiger partial charge in [-0.1, -0.05) is 6.08 Å². The standard InChI is InChI=1S/C15H21NO5S2/c1-3-9-16-14-10-22(17,18)11-15(14)23(19,20)13-7-5-12(6-8-13)21-4-2/h3,5-8,14-16H,1,4,9-11H2,2H3/t14-,15-/m0/s1. The van der Waals surface area contributed by atoms with Crippen molar-refractivity contribution in [1.82, 2.24) is 5.32 Å². The van der Waals surface area contributed by atoms with Crippen molar-refractivity contribution in [3.63, 3.8) is 0 Å². The highest BCUT2D eigenvalue weighted by Crippen LogP contribution is 2.27. The third-order valence-corrected chi connectivity index (χ3v) is 7.85. The van der Waals surface area contributed by atoms with Crippen LogP contribution >= 0.6 is 0 Å². The van der Waals surface area contributed by atoms with Gasteiger partial charge in [0.2, 0.25) is 0 Å². The van der Waals surface area contributed by atoms with Gasteiger partial charge in [0.15, 0.2) is 19.7 Å². The third kappa shape index (κ3) is 4.13. The molecule has 2 atom stereocenters. The first-order valence-corrected chi connectivity index (χ1v) is 10.7. The van der Waals surface area contributed by atoms with Gasteiger partial charge in [0, 0.05) is 12.6 Å². The normalized spacial score (nSPS) is 23.5. The molecule has 0 saturated carbocycles. The summed E-state index contributed by atoms with van der Waals surface area (Å²) in [7, 11) is -7.14. The lowest BCUT2D eigenvalue weighted by molar-refractivity contribution is 0.340. The van der Waals surface area contributed by atoms with Crippen molar-refractivity contribution in [2.75, 3.05) is 24.7 Å². The fourth-order valence-electron chi connectivity index (χ4n) is 2.61. The molecule has 1 fully saturated rings. The zero-order valence-corrected chi connectivity index (χ0v) is 14.6. The first-order chi connectivity index (χ1) is 10.8. The summed E-state index contributed by atoms with van der Waals surface area (Å²) in [5, 5.41) is 1.95. The van der Waals surface area contributed by atoms with Gasteiger partial charge in [-0.2, -0.15) is 0 Å². The molecule has 0 radical (unpaired) electrons. The van der Waals surface area contributed by atoms with Crippen molar-refractivity contribution < 1.29 is 21.6 Å². The molecular weight excluding hydrogens is 338 g/mol. The Morgan fingerprint density at radius 1 is 1.30 bits per heavy atom. The molecule has 1 aromatic carbocycles. The number of sulfone groups is 2. The molecule has 1 N–H and O–H groups in total. The van der Waals surface area contributed by atoms with Crippen LogP contribution in [0.15, 0.2) is 41.8 Å². The zero-order chi connectivity index (χ0) is 17.1. The maximum Gasteiger partial charge on any atom is 0.183 e. The largest absolute Gasteiger partial charge is 0.494 e. The van der Waals surface area contributed by atoms with E-state index in [9.17, 15) is 16.8 Å². The van der Waals surface area contributed by atoms with Gasteiger partial charge in [0.1, 0.15) is 5.75 Å². The predicted octanol–water partition coefficient (Wildman–Crippen LogP) is 0.800. The topological polar surface area (TPSA) is 89.5 Å². The van der Waals surface area contributed by atoms with Crippen LogP contribution in [0.1, 0.15) is 6.92 Å². The van der Waals surface area contributed by atoms with E-state index < -0.39 is 31.0 Å². The number of hydrogen-bond acceptors (Lipinski definition) is 6. The Morgan fingerprint density at radius 2 is 1.96 bits per heavy atom. The van der Waals surface area contributed by atoms with Crippen LogP contribution in [0.5, 0.6) is 5.75 Å². The minimum Gasteiger partial charge on any atom is -0.494 e. The summed E-state index contributed by atoms with van der Waals surface area (Å²) in [5.41, 5.74) is 0. The fraction of sp³-hybridized carbons (Fsp3) is 0.467. The average Bonchev–Trinajstić information content (AvgIpc) is 2.82. The molecule has 8 heteroatoms. The molecule has 0 aliphatic carbocycles. The van der Waals surface area contributed by atoms with Gasteiger partial charge in [0.05, 0.1) is 28.3 Å². The van der Waals surface area contributed by atoms with E-state index in [1.807, 2.05) is 6.92 Å². The molecule has 2 rings (SSSR count). The molecular formula is C15H21NO5S2. The van der Waals surface area contributed by atoms with E-state index in [1.54, 1.807) is 18.2 Å². The van der Waals surface area contributed by atoms with Crippen LogP contribution < -0.4 is 10.1 Å². The van der Waals surface area contributed by atoms with Crippen LogP contribution in [0.2, 0.25) is 0 Å². The van der Waals surface area contributed by atoms with Crippen molar-refractivity contribution >= 4 is 19.7 Å². The van der Waals surface area contributed by atoms with Gasteiger partial charge >= 0.3 is 0 Å². The summed E-state index contributed by atoms with van der Waals surface area (Å²) in [5.74, 6) is 0.0332. The Bertz CT molecular complexity index is 754. The third-order valence-electron chi connectivity index (χ3n) is 3.69. The molecule has 0 amide bonds. The molecule has 23 heavy (non-hydrogen) atoms. The molecule has 1 aromatic rings. The van der Waals surface area contributed by atoms with Crippen molar-refractivity contribution in [1.29, 1.82) is 0 Å². The molecule has 0 spiro atoms. The minimum absolute atomic E-state index is 0.105. The maximum absolute atomic E-state index is 12.8. The van der Waals surface area contributed by atoms with E-state index in [4.69, 9.17) is 4.74 Å². The van der Waals surface area contributed by atoms with Gasteiger partial charge in [-0.15, -0.1) is 6.58 Å². The second kappa shape index (κ2) is 7.02. The summed E-state index contributed by atoms with van der Waals surface area (Å²) in [4.78, 5) is 0.105. The van der Waals surface area contributed by atoms with Crippen molar-refractivity contribution in [2.45, 2.75) is 23.1 Å². The first kappa shape index (κ1) is 18.0. The lowest BCUT2D eigenvalue weighted by atomic mass is 10.2. The summed E-state index contributed by atoms with van der Waals surface area (Å²) in [6, 6.07) is 5.43. The quantitative estimate of drug-likeness (QED) is 0.725. The maximum atomic E-state index is 12.8. The summed E-state index contributed by atoms with van der Waals surface area (Å²) >= 11 is 0. The number of rotatable bonds is 7. The van der Waals surface area contributed by atoms with Crippen molar-refractivity contribution in [3.05, 3.63) is 36.9 Å². The Labute approximate surface area is 137 Å². The van der Waals surface area contributed by atoms with E-state index in [-0.39, 0.29) is 16.4 Å². The zero-order valence-electron chi connectivity index (χ0n) is 12.9. The van der Waals surface area contributed by atoms with Gasteiger partial charge in [-0.3, -0.25) is 0 Å². The van der Waals surface area contributed by atoms with E-state index in [0.717, 1.165) is 0 Å². The first-order valence-electron chi connectivity index (χ1n) is 7.31. The summed E-state index contributed by atoms with van der Waals surface area (Å²) in [6.45, 7) is 6.24. The van der Waals surface area contributed by atoms with Crippen LogP contribution in [0.3, 0.4) is 0 Å². The van der Waals surface area contributed by atoms with Crippen molar-refractivity contribution in [2.24, 2.45) is 0 Å². The van der Waals surface area contributed by atoms with Gasteiger partial charge in [-0.25, -0.2) is 16.8 Å². The Hall–Kier alpha value is -1.38. The number of hydrogen-bond donors (Lipinski definition) is 1. The van der Waals surface area contributed by atoms with Crippen LogP contribution in [0, 0.1) is 0 Å². The molecule has 1 aliphatic rings. The second-order valence-electron chi connectivity index (χ2n) is 5.37. The molecule has 0 unspecified atom stereocenters. The van der Waals surface area contributed by atoms with Gasteiger partial charge in [0.25, 0.3) is 0 Å². The van der Waals surface area contributed by atoms with Crippen LogP contribution in [0.4, 0.5) is 0 Å². The highest BCUT2D eigenvalue weighted by molar-refractivity contribution is 7.96. The Balaban J connectivity index is 2.30. The lowest BCUT2D eigenvalue weighted by Crippen LogP contribution is -2.43. The fourth-order valence-corrected chi connectivity index (χ4v) is 7.33. The number of benzene rings is 1. The van der Waals surface area contributed by atoms with Crippen LogP contribution in [-0.2, 0) is 19.7 Å². The summed E-state index contributed by atoms with van der Waals surface area (Å²) < 4.78 is 54.6. The minimum atomic E-state index is -3.75. The molecule has 1 heterocycles. The second-order valence-corrected chi connectivity index (χ2v) is 9.69. The highest BCUT2D eigenvalue weighted by atomic mass is 32.2. The SMILES string of the molecule is C=CCN[C@H]1CS(=O)(=O)C[C@@H]1S(=O)(=O)c1ccc(OCC)cc1. The van der Waals surface area contributed by atoms with Crippen LogP contribution in [0.25, 0.3) is 0 Å². The molecule has 1 saturated heterocycles. The number of ether oxygens (including phenoxy) is 1. The Morgan fingerprint density at radius 3 is 2.52 bits per heavy atom. The molecule has 128 valence electrons. The van der Waals surface area contributed by atoms with Gasteiger partial charge < -0.3 is 10.1 Å². The van der Waals surface area contributed by atoms with Crippen molar-refractivity contribution in [3.8, 4) is 5.75 Å². The number of nitrogens with one attached hydrogen (secondary N) is 1. The van der Waals surface area contributed by atoms with E-state index in [0.29, 0.717) is 18.9 Å². The van der Waals surface area contributed by atoms with Gasteiger partial charge in [-0.05, 0) is 31.2 Å². The summed E-state index contributed by atoms with van der Waals surface area (Å²) in [6.07, 6.45) is 1.57. The molecule has 0 aromatic heterocycles. The smallest absolute Gasteiger partial charge is 0.183 e. The molecule has 6 nitrogen and oxygen atoms in total. The predicted molar refractivity (Wildman–Crippen MR) is 89.2 cm³/mol. The van der Waals surface area contributed by atoms with E-state index in [1.165, 1.54) is 12.1 Å². The Kier molecular flexibility index (Phi) is 5.49. The molecule has 0 bridgehead atoms. The highest BCUT2D eigenvalue weighted by Gasteiger charge is 2.45. The van der Waals surface area contributed by atoms with E-state index in [2.05, 4.69) is 11.9 Å². The average molecular weight is 359 g/mol. The lowest BCUT2D eigenvalue weighted by Gasteiger charge is -2.19. The monoisotopic (exact) mass is 359 g/mol. The van der Waals surface area contributed by atoms with E-state index >= 15 is 0 Å². The molecule has 1 aliphatic heterocycles.